The fraction of sp³-hybridized carbons (Fsp3) is 0.389. The Kier molecular flexibility index (Phi) is 5.73. The molecule has 2 amide bonds. The van der Waals surface area contributed by atoms with Crippen LogP contribution in [-0.4, -0.2) is 17.8 Å². The number of amides is 2. The lowest BCUT2D eigenvalue weighted by Crippen LogP contribution is -2.49. The van der Waals surface area contributed by atoms with Crippen LogP contribution in [-0.2, 0) is 9.59 Å². The summed E-state index contributed by atoms with van der Waals surface area (Å²) in [5, 5.41) is 11.1. The van der Waals surface area contributed by atoms with E-state index in [9.17, 15) is 19.5 Å². The van der Waals surface area contributed by atoms with Crippen LogP contribution in [0.25, 0.3) is 0 Å². The molecule has 0 fully saturated rings. The number of nitrogens with one attached hydrogen (secondary N) is 2. The van der Waals surface area contributed by atoms with E-state index < -0.39 is 29.6 Å². The molecule has 0 saturated carbocycles. The van der Waals surface area contributed by atoms with Gasteiger partial charge in [0, 0.05) is 17.5 Å². The van der Waals surface area contributed by atoms with Crippen molar-refractivity contribution in [2.75, 3.05) is 0 Å². The van der Waals surface area contributed by atoms with Crippen molar-refractivity contribution in [3.63, 3.8) is 0 Å². The number of carboxylic acid groups (broad SMARTS) is 1. The summed E-state index contributed by atoms with van der Waals surface area (Å²) in [5.41, 5.74) is 6.17. The first kappa shape index (κ1) is 17.7. The van der Waals surface area contributed by atoms with Gasteiger partial charge in [-0.2, -0.15) is 0 Å². The Balaban J connectivity index is 1.94. The van der Waals surface area contributed by atoms with Crippen LogP contribution in [0.1, 0.15) is 48.5 Å². The number of allylic oxidation sites excluding steroid dienone is 2. The van der Waals surface area contributed by atoms with Crippen LogP contribution >= 0.6 is 0 Å². The molecule has 0 spiro atoms. The SMILES string of the molecule is CC(C)c1ccc(C(=O)NNC(=O)[C@H]2CC=CC[C@H]2C(=O)[O-])cc1. The van der Waals surface area contributed by atoms with E-state index in [4.69, 9.17) is 0 Å². The molecule has 1 aliphatic carbocycles. The molecule has 0 unspecified atom stereocenters. The number of hydrogen-bond donors (Lipinski definition) is 2. The highest BCUT2D eigenvalue weighted by Crippen LogP contribution is 2.25. The number of hydrogen-bond acceptors (Lipinski definition) is 4. The van der Waals surface area contributed by atoms with Gasteiger partial charge in [-0.1, -0.05) is 38.1 Å². The topological polar surface area (TPSA) is 98.3 Å². The zero-order chi connectivity index (χ0) is 17.7. The zero-order valence-corrected chi connectivity index (χ0v) is 13.7. The van der Waals surface area contributed by atoms with E-state index in [1.54, 1.807) is 24.3 Å². The fourth-order valence-corrected chi connectivity index (χ4v) is 2.67. The third-order valence-electron chi connectivity index (χ3n) is 4.21. The van der Waals surface area contributed by atoms with Gasteiger partial charge in [0.05, 0.1) is 5.92 Å². The van der Waals surface area contributed by atoms with E-state index in [1.807, 2.05) is 12.1 Å². The number of hydrazine groups is 1. The molecule has 1 aromatic carbocycles. The lowest BCUT2D eigenvalue weighted by Gasteiger charge is -2.28. The van der Waals surface area contributed by atoms with Gasteiger partial charge in [0.15, 0.2) is 0 Å². The van der Waals surface area contributed by atoms with Gasteiger partial charge in [0.2, 0.25) is 5.91 Å². The van der Waals surface area contributed by atoms with Crippen LogP contribution in [0.4, 0.5) is 0 Å². The number of carboxylic acids is 1. The van der Waals surface area contributed by atoms with E-state index in [0.29, 0.717) is 17.9 Å². The van der Waals surface area contributed by atoms with Crippen molar-refractivity contribution in [1.29, 1.82) is 0 Å². The average molecular weight is 329 g/mol. The minimum atomic E-state index is -1.25. The van der Waals surface area contributed by atoms with Crippen LogP contribution in [0.2, 0.25) is 0 Å². The first-order valence-electron chi connectivity index (χ1n) is 7.96. The first-order chi connectivity index (χ1) is 11.4. The second-order valence-corrected chi connectivity index (χ2v) is 6.19. The molecule has 0 bridgehead atoms. The standard InChI is InChI=1S/C18H22N2O4/c1-11(2)12-7-9-13(10-8-12)16(21)19-20-17(22)14-5-3-4-6-15(14)18(23)24/h3-4,7-11,14-15H,5-6H2,1-2H3,(H,19,21)(H,20,22)(H,23,24)/p-1/t14-,15+/m0/s1. The average Bonchev–Trinajstić information content (AvgIpc) is 2.59. The minimum absolute atomic E-state index is 0.255. The molecule has 128 valence electrons. The third kappa shape index (κ3) is 4.22. The van der Waals surface area contributed by atoms with Crippen LogP contribution in [0, 0.1) is 11.8 Å². The van der Waals surface area contributed by atoms with Crippen molar-refractivity contribution in [2.45, 2.75) is 32.6 Å². The number of carbonyl (C=O) groups is 3. The highest BCUT2D eigenvalue weighted by Gasteiger charge is 2.30. The van der Waals surface area contributed by atoms with Gasteiger partial charge in [0.25, 0.3) is 5.91 Å². The molecule has 0 aromatic heterocycles. The van der Waals surface area contributed by atoms with Gasteiger partial charge in [0.1, 0.15) is 0 Å². The van der Waals surface area contributed by atoms with Crippen molar-refractivity contribution < 1.29 is 19.5 Å². The Morgan fingerprint density at radius 2 is 1.58 bits per heavy atom. The van der Waals surface area contributed by atoms with Crippen molar-refractivity contribution in [3.05, 3.63) is 47.5 Å². The van der Waals surface area contributed by atoms with E-state index in [0.717, 1.165) is 5.56 Å². The second kappa shape index (κ2) is 7.77. The van der Waals surface area contributed by atoms with Gasteiger partial charge >= 0.3 is 0 Å². The summed E-state index contributed by atoms with van der Waals surface area (Å²) in [6, 6.07) is 7.09. The molecule has 1 aliphatic rings. The first-order valence-corrected chi connectivity index (χ1v) is 7.96. The Labute approximate surface area is 140 Å². The summed E-state index contributed by atoms with van der Waals surface area (Å²) in [6.07, 6.45) is 4.05. The van der Waals surface area contributed by atoms with Crippen LogP contribution in [0.15, 0.2) is 36.4 Å². The Morgan fingerprint density at radius 1 is 1.00 bits per heavy atom. The lowest BCUT2D eigenvalue weighted by molar-refractivity contribution is -0.313. The zero-order valence-electron chi connectivity index (χ0n) is 13.7. The maximum atomic E-state index is 12.1. The molecule has 2 atom stereocenters. The predicted octanol–water partition coefficient (Wildman–Crippen LogP) is 0.903. The predicted molar refractivity (Wildman–Crippen MR) is 86.5 cm³/mol. The van der Waals surface area contributed by atoms with Crippen LogP contribution < -0.4 is 16.0 Å². The molecule has 0 aliphatic heterocycles. The lowest BCUT2D eigenvalue weighted by atomic mass is 9.82. The maximum absolute atomic E-state index is 12.1. The molecule has 0 heterocycles. The van der Waals surface area contributed by atoms with E-state index >= 15 is 0 Å². The quantitative estimate of drug-likeness (QED) is 0.633. The Morgan fingerprint density at radius 3 is 2.12 bits per heavy atom. The summed E-state index contributed by atoms with van der Waals surface area (Å²) in [5.74, 6) is -3.49. The largest absolute Gasteiger partial charge is 0.550 e. The molecule has 2 rings (SSSR count). The molecular weight excluding hydrogens is 308 g/mol. The summed E-state index contributed by atoms with van der Waals surface area (Å²) in [7, 11) is 0. The molecule has 0 saturated heterocycles. The Hall–Kier alpha value is -2.63. The molecular formula is C18H21N2O4-. The number of benzene rings is 1. The van der Waals surface area contributed by atoms with Gasteiger partial charge in [-0.15, -0.1) is 0 Å². The van der Waals surface area contributed by atoms with E-state index in [1.165, 1.54) is 0 Å². The molecule has 2 N–H and O–H groups in total. The molecule has 1 aromatic rings. The normalized spacial score (nSPS) is 19.8. The Bertz CT molecular complexity index is 649. The monoisotopic (exact) mass is 329 g/mol. The molecule has 0 radical (unpaired) electrons. The molecule has 6 heteroatoms. The van der Waals surface area contributed by atoms with Gasteiger partial charge in [-0.05, 0) is 36.5 Å². The third-order valence-corrected chi connectivity index (χ3v) is 4.21. The van der Waals surface area contributed by atoms with E-state index in [-0.39, 0.29) is 6.42 Å². The van der Waals surface area contributed by atoms with E-state index in [2.05, 4.69) is 24.7 Å². The summed E-state index contributed by atoms with van der Waals surface area (Å²) in [4.78, 5) is 35.3. The molecule has 6 nitrogen and oxygen atoms in total. The summed E-state index contributed by atoms with van der Waals surface area (Å²) in [6.45, 7) is 4.11. The van der Waals surface area contributed by atoms with Crippen molar-refractivity contribution >= 4 is 17.8 Å². The van der Waals surface area contributed by atoms with Gasteiger partial charge < -0.3 is 9.90 Å². The highest BCUT2D eigenvalue weighted by molar-refractivity contribution is 5.96. The van der Waals surface area contributed by atoms with Crippen molar-refractivity contribution in [2.24, 2.45) is 11.8 Å². The van der Waals surface area contributed by atoms with Crippen molar-refractivity contribution in [3.8, 4) is 0 Å². The summed E-state index contributed by atoms with van der Waals surface area (Å²) < 4.78 is 0. The van der Waals surface area contributed by atoms with Crippen LogP contribution in [0.5, 0.6) is 0 Å². The highest BCUT2D eigenvalue weighted by atomic mass is 16.4. The van der Waals surface area contributed by atoms with Crippen molar-refractivity contribution in [1.82, 2.24) is 10.9 Å². The van der Waals surface area contributed by atoms with Crippen LogP contribution in [0.3, 0.4) is 0 Å². The minimum Gasteiger partial charge on any atom is -0.550 e. The fourth-order valence-electron chi connectivity index (χ4n) is 2.67. The summed E-state index contributed by atoms with van der Waals surface area (Å²) >= 11 is 0. The van der Waals surface area contributed by atoms with Gasteiger partial charge in [-0.3, -0.25) is 20.4 Å². The number of rotatable bonds is 4. The smallest absolute Gasteiger partial charge is 0.269 e. The van der Waals surface area contributed by atoms with Gasteiger partial charge in [-0.25, -0.2) is 0 Å². The second-order valence-electron chi connectivity index (χ2n) is 6.19. The number of carbonyl (C=O) groups excluding carboxylic acids is 3. The maximum Gasteiger partial charge on any atom is 0.269 e. The molecule has 24 heavy (non-hydrogen) atoms. The number of aliphatic carboxylic acids is 1.